The van der Waals surface area contributed by atoms with Crippen LogP contribution >= 0.6 is 0 Å². The van der Waals surface area contributed by atoms with Gasteiger partial charge in [0.2, 0.25) is 0 Å². The van der Waals surface area contributed by atoms with Crippen LogP contribution < -0.4 is 11.1 Å². The van der Waals surface area contributed by atoms with E-state index in [1.165, 1.54) is 11.1 Å². The third-order valence-electron chi connectivity index (χ3n) is 4.41. The van der Waals surface area contributed by atoms with Gasteiger partial charge in [-0.05, 0) is 41.8 Å². The van der Waals surface area contributed by atoms with E-state index in [1.54, 1.807) is 0 Å². The van der Waals surface area contributed by atoms with E-state index in [9.17, 15) is 0 Å². The van der Waals surface area contributed by atoms with Crippen LogP contribution in [0.5, 0.6) is 0 Å². The predicted octanol–water partition coefficient (Wildman–Crippen LogP) is 4.13. The maximum atomic E-state index is 5.91. The summed E-state index contributed by atoms with van der Waals surface area (Å²) in [5, 5.41) is 11.3. The van der Waals surface area contributed by atoms with Crippen LogP contribution in [0.2, 0.25) is 0 Å². The Kier molecular flexibility index (Phi) is 3.82. The molecule has 4 aromatic rings. The largest absolute Gasteiger partial charge is 0.382 e. The van der Waals surface area contributed by atoms with Gasteiger partial charge >= 0.3 is 0 Å². The second-order valence-electron chi connectivity index (χ2n) is 6.11. The number of anilines is 2. The average Bonchev–Trinajstić information content (AvgIpc) is 3.02. The lowest BCUT2D eigenvalue weighted by atomic mass is 10.1. The highest BCUT2D eigenvalue weighted by Crippen LogP contribution is 2.27. The molecule has 2 heterocycles. The Morgan fingerprint density at radius 3 is 2.80 bits per heavy atom. The summed E-state index contributed by atoms with van der Waals surface area (Å²) in [7, 11) is 0. The van der Waals surface area contributed by atoms with Gasteiger partial charge in [0.05, 0.1) is 11.2 Å². The van der Waals surface area contributed by atoms with Gasteiger partial charge in [0.25, 0.3) is 0 Å². The number of benzene rings is 2. The Morgan fingerprint density at radius 2 is 1.92 bits per heavy atom. The summed E-state index contributed by atoms with van der Waals surface area (Å²) in [6.45, 7) is 2.89. The van der Waals surface area contributed by atoms with Crippen LogP contribution in [-0.4, -0.2) is 15.2 Å². The van der Waals surface area contributed by atoms with E-state index in [2.05, 4.69) is 57.8 Å². The number of hydrogen-bond donors (Lipinski definition) is 3. The van der Waals surface area contributed by atoms with Crippen LogP contribution in [-0.2, 0) is 6.54 Å². The van der Waals surface area contributed by atoms with E-state index < -0.39 is 0 Å². The van der Waals surface area contributed by atoms with Crippen LogP contribution in [0, 0.1) is 6.92 Å². The molecule has 0 aliphatic carbocycles. The number of rotatable bonds is 4. The molecule has 0 saturated heterocycles. The van der Waals surface area contributed by atoms with Gasteiger partial charge in [-0.25, -0.2) is 0 Å². The van der Waals surface area contributed by atoms with Crippen molar-refractivity contribution >= 4 is 22.4 Å². The molecule has 0 spiro atoms. The number of nitrogens with one attached hydrogen (secondary N) is 2. The molecule has 0 aliphatic rings. The highest BCUT2D eigenvalue weighted by molar-refractivity contribution is 5.92. The van der Waals surface area contributed by atoms with Gasteiger partial charge in [-0.1, -0.05) is 30.3 Å². The second kappa shape index (κ2) is 6.28. The Hall–Kier alpha value is -3.34. The molecule has 2 aromatic heterocycles. The maximum absolute atomic E-state index is 5.91. The Balaban J connectivity index is 1.60. The number of nitrogens with zero attached hydrogens (tertiary/aromatic N) is 2. The Morgan fingerprint density at radius 1 is 1.04 bits per heavy atom. The number of pyridine rings is 1. The molecule has 0 atom stereocenters. The van der Waals surface area contributed by atoms with Crippen molar-refractivity contribution in [3.05, 3.63) is 72.1 Å². The molecular weight excluding hydrogens is 310 g/mol. The standard InChI is InChI=1S/C20H19N5/c1-13-4-2-3-5-15(13)11-23-17-8-16(10-22-12-17)14-6-7-19-18(9-14)20(21)25-24-19/h2-10,12,23H,11H2,1H3,(H3,21,24,25). The molecule has 0 radical (unpaired) electrons. The number of fused-ring (bicyclic) bond motifs is 1. The first kappa shape index (κ1) is 15.2. The second-order valence-corrected chi connectivity index (χ2v) is 6.11. The third-order valence-corrected chi connectivity index (χ3v) is 4.41. The lowest BCUT2D eigenvalue weighted by molar-refractivity contribution is 1.11. The quantitative estimate of drug-likeness (QED) is 0.526. The molecule has 124 valence electrons. The van der Waals surface area contributed by atoms with E-state index >= 15 is 0 Å². The fraction of sp³-hybridized carbons (Fsp3) is 0.100. The van der Waals surface area contributed by atoms with Crippen molar-refractivity contribution in [3.8, 4) is 11.1 Å². The van der Waals surface area contributed by atoms with Crippen molar-refractivity contribution in [2.24, 2.45) is 0 Å². The van der Waals surface area contributed by atoms with Gasteiger partial charge in [-0.2, -0.15) is 5.10 Å². The summed E-state index contributed by atoms with van der Waals surface area (Å²) in [6, 6.07) is 16.5. The van der Waals surface area contributed by atoms with Crippen LogP contribution in [0.25, 0.3) is 22.0 Å². The molecule has 5 heteroatoms. The number of nitrogens with two attached hydrogens (primary N) is 1. The normalized spacial score (nSPS) is 10.9. The molecule has 25 heavy (non-hydrogen) atoms. The minimum Gasteiger partial charge on any atom is -0.382 e. The molecule has 0 aliphatic heterocycles. The minimum absolute atomic E-state index is 0.513. The first-order valence-corrected chi connectivity index (χ1v) is 8.18. The van der Waals surface area contributed by atoms with E-state index in [0.717, 1.165) is 34.3 Å². The summed E-state index contributed by atoms with van der Waals surface area (Å²) < 4.78 is 0. The fourth-order valence-corrected chi connectivity index (χ4v) is 2.91. The lowest BCUT2D eigenvalue weighted by Gasteiger charge is -2.10. The van der Waals surface area contributed by atoms with Gasteiger partial charge in [-0.3, -0.25) is 10.1 Å². The topological polar surface area (TPSA) is 79.6 Å². The molecule has 0 bridgehead atoms. The van der Waals surface area contributed by atoms with Crippen LogP contribution in [0.15, 0.2) is 60.9 Å². The molecule has 4 rings (SSSR count). The predicted molar refractivity (Wildman–Crippen MR) is 102 cm³/mol. The number of aryl methyl sites for hydroxylation is 1. The van der Waals surface area contributed by atoms with Gasteiger partial charge < -0.3 is 11.1 Å². The maximum Gasteiger partial charge on any atom is 0.153 e. The van der Waals surface area contributed by atoms with Gasteiger partial charge in [0.15, 0.2) is 5.82 Å². The van der Waals surface area contributed by atoms with Crippen molar-refractivity contribution in [2.75, 3.05) is 11.1 Å². The molecule has 4 N–H and O–H groups in total. The average molecular weight is 329 g/mol. The van der Waals surface area contributed by atoms with Gasteiger partial charge in [0.1, 0.15) is 0 Å². The molecule has 0 unspecified atom stereocenters. The molecule has 0 saturated carbocycles. The van der Waals surface area contributed by atoms with E-state index in [0.29, 0.717) is 5.82 Å². The number of H-pyrrole nitrogens is 1. The number of nitrogen functional groups attached to an aromatic ring is 1. The van der Waals surface area contributed by atoms with E-state index in [-0.39, 0.29) is 0 Å². The first-order valence-electron chi connectivity index (χ1n) is 8.18. The lowest BCUT2D eigenvalue weighted by Crippen LogP contribution is -2.01. The molecule has 0 fully saturated rings. The SMILES string of the molecule is Cc1ccccc1CNc1cncc(-c2ccc3[nH]nc(N)c3c2)c1. The zero-order valence-electron chi connectivity index (χ0n) is 14.0. The monoisotopic (exact) mass is 329 g/mol. The van der Waals surface area contributed by atoms with Crippen LogP contribution in [0.4, 0.5) is 11.5 Å². The fourth-order valence-electron chi connectivity index (χ4n) is 2.91. The molecule has 2 aromatic carbocycles. The van der Waals surface area contributed by atoms with Crippen molar-refractivity contribution < 1.29 is 0 Å². The summed E-state index contributed by atoms with van der Waals surface area (Å²) in [5.74, 6) is 0.513. The number of hydrogen-bond acceptors (Lipinski definition) is 4. The van der Waals surface area contributed by atoms with Gasteiger partial charge in [-0.15, -0.1) is 0 Å². The van der Waals surface area contributed by atoms with Crippen molar-refractivity contribution in [3.63, 3.8) is 0 Å². The number of aromatic amines is 1. The first-order chi connectivity index (χ1) is 12.2. The zero-order chi connectivity index (χ0) is 17.2. The summed E-state index contributed by atoms with van der Waals surface area (Å²) in [5.41, 5.74) is 12.5. The highest BCUT2D eigenvalue weighted by Gasteiger charge is 2.06. The van der Waals surface area contributed by atoms with Crippen LogP contribution in [0.1, 0.15) is 11.1 Å². The zero-order valence-corrected chi connectivity index (χ0v) is 14.0. The molecule has 5 nitrogen and oxygen atoms in total. The van der Waals surface area contributed by atoms with Crippen molar-refractivity contribution in [2.45, 2.75) is 13.5 Å². The van der Waals surface area contributed by atoms with Crippen molar-refractivity contribution in [1.82, 2.24) is 15.2 Å². The Bertz CT molecular complexity index is 1040. The molecular formula is C20H19N5. The Labute approximate surface area is 145 Å². The smallest absolute Gasteiger partial charge is 0.153 e. The van der Waals surface area contributed by atoms with E-state index in [1.807, 2.05) is 30.6 Å². The highest BCUT2D eigenvalue weighted by atomic mass is 15.1. The van der Waals surface area contributed by atoms with E-state index in [4.69, 9.17) is 5.73 Å². The van der Waals surface area contributed by atoms with Crippen molar-refractivity contribution in [1.29, 1.82) is 0 Å². The summed E-state index contributed by atoms with van der Waals surface area (Å²) in [4.78, 5) is 4.37. The van der Waals surface area contributed by atoms with Crippen LogP contribution in [0.3, 0.4) is 0 Å². The minimum atomic E-state index is 0.513. The summed E-state index contributed by atoms with van der Waals surface area (Å²) in [6.07, 6.45) is 3.70. The summed E-state index contributed by atoms with van der Waals surface area (Å²) >= 11 is 0. The third kappa shape index (κ3) is 3.04. The number of aromatic nitrogens is 3. The molecule has 0 amide bonds. The van der Waals surface area contributed by atoms with Gasteiger partial charge in [0, 0.05) is 29.9 Å².